The molecule has 3 nitrogen and oxygen atoms in total. The standard InChI is InChI=1S/C13H13NO2/c1-9(2)13-12(14-8-16-13)11-6-4-3-5-10(11)7-15/h3-9H,1-2H3. The van der Waals surface area contributed by atoms with Crippen LogP contribution < -0.4 is 0 Å². The monoisotopic (exact) mass is 215 g/mol. The Morgan fingerprint density at radius 3 is 2.75 bits per heavy atom. The molecular formula is C13H13NO2. The maximum absolute atomic E-state index is 10.9. The van der Waals surface area contributed by atoms with Crippen LogP contribution in [0.3, 0.4) is 0 Å². The minimum atomic E-state index is 0.247. The number of carbonyl (C=O) groups is 1. The Morgan fingerprint density at radius 1 is 1.31 bits per heavy atom. The van der Waals surface area contributed by atoms with E-state index in [0.29, 0.717) is 5.56 Å². The average molecular weight is 215 g/mol. The summed E-state index contributed by atoms with van der Waals surface area (Å²) in [7, 11) is 0. The highest BCUT2D eigenvalue weighted by Crippen LogP contribution is 2.29. The van der Waals surface area contributed by atoms with E-state index < -0.39 is 0 Å². The summed E-state index contributed by atoms with van der Waals surface area (Å²) < 4.78 is 5.35. The van der Waals surface area contributed by atoms with Gasteiger partial charge in [0.15, 0.2) is 12.7 Å². The summed E-state index contributed by atoms with van der Waals surface area (Å²) in [5.41, 5.74) is 2.23. The van der Waals surface area contributed by atoms with E-state index in [-0.39, 0.29) is 5.92 Å². The van der Waals surface area contributed by atoms with Gasteiger partial charge in [0, 0.05) is 17.0 Å². The van der Waals surface area contributed by atoms with Crippen LogP contribution in [0.4, 0.5) is 0 Å². The molecule has 82 valence electrons. The number of aromatic nitrogens is 1. The molecule has 0 amide bonds. The zero-order chi connectivity index (χ0) is 11.5. The number of rotatable bonds is 3. The molecule has 0 unspecified atom stereocenters. The number of carbonyl (C=O) groups excluding carboxylic acids is 1. The van der Waals surface area contributed by atoms with Crippen molar-refractivity contribution in [1.29, 1.82) is 0 Å². The average Bonchev–Trinajstić information content (AvgIpc) is 2.77. The van der Waals surface area contributed by atoms with Gasteiger partial charge in [-0.15, -0.1) is 0 Å². The molecule has 1 heterocycles. The molecule has 3 heteroatoms. The summed E-state index contributed by atoms with van der Waals surface area (Å²) in [6, 6.07) is 7.39. The van der Waals surface area contributed by atoms with Crippen LogP contribution in [0.25, 0.3) is 11.3 Å². The number of oxazole rings is 1. The van der Waals surface area contributed by atoms with Gasteiger partial charge in [-0.25, -0.2) is 4.98 Å². The number of nitrogens with zero attached hydrogens (tertiary/aromatic N) is 1. The summed E-state index contributed by atoms with van der Waals surface area (Å²) in [4.78, 5) is 15.1. The molecule has 1 aromatic heterocycles. The Kier molecular flexibility index (Phi) is 2.86. The molecule has 2 aromatic rings. The third-order valence-electron chi connectivity index (χ3n) is 2.46. The Balaban J connectivity index is 2.58. The molecular weight excluding hydrogens is 202 g/mol. The van der Waals surface area contributed by atoms with Crippen LogP contribution in [-0.2, 0) is 0 Å². The van der Waals surface area contributed by atoms with Crippen molar-refractivity contribution in [3.05, 3.63) is 42.0 Å². The SMILES string of the molecule is CC(C)c1ocnc1-c1ccccc1C=O. The molecule has 0 saturated heterocycles. The second-order valence-electron chi connectivity index (χ2n) is 3.93. The van der Waals surface area contributed by atoms with Crippen molar-refractivity contribution < 1.29 is 9.21 Å². The van der Waals surface area contributed by atoms with Crippen LogP contribution in [0.15, 0.2) is 35.1 Å². The largest absolute Gasteiger partial charge is 0.448 e. The molecule has 0 aliphatic heterocycles. The molecule has 16 heavy (non-hydrogen) atoms. The van der Waals surface area contributed by atoms with Gasteiger partial charge in [0.05, 0.1) is 0 Å². The van der Waals surface area contributed by atoms with Crippen molar-refractivity contribution in [3.8, 4) is 11.3 Å². The number of aldehydes is 1. The highest BCUT2D eigenvalue weighted by molar-refractivity contribution is 5.86. The molecule has 0 spiro atoms. The van der Waals surface area contributed by atoms with Crippen molar-refractivity contribution in [2.45, 2.75) is 19.8 Å². The maximum Gasteiger partial charge on any atom is 0.181 e. The molecule has 0 saturated carbocycles. The summed E-state index contributed by atoms with van der Waals surface area (Å²) in [5, 5.41) is 0. The van der Waals surface area contributed by atoms with Crippen molar-refractivity contribution in [2.24, 2.45) is 0 Å². The fraction of sp³-hybridized carbons (Fsp3) is 0.231. The lowest BCUT2D eigenvalue weighted by atomic mass is 10.0. The summed E-state index contributed by atoms with van der Waals surface area (Å²) in [5.74, 6) is 1.06. The van der Waals surface area contributed by atoms with Crippen LogP contribution in [0.2, 0.25) is 0 Å². The lowest BCUT2D eigenvalue weighted by Crippen LogP contribution is -1.92. The van der Waals surface area contributed by atoms with Crippen molar-refractivity contribution in [1.82, 2.24) is 4.98 Å². The van der Waals surface area contributed by atoms with E-state index in [1.165, 1.54) is 6.39 Å². The number of benzene rings is 1. The second-order valence-corrected chi connectivity index (χ2v) is 3.93. The first kappa shape index (κ1) is 10.6. The quantitative estimate of drug-likeness (QED) is 0.738. The van der Waals surface area contributed by atoms with Gasteiger partial charge in [-0.05, 0) is 0 Å². The molecule has 0 fully saturated rings. The lowest BCUT2D eigenvalue weighted by molar-refractivity contribution is 0.112. The topological polar surface area (TPSA) is 43.1 Å². The Hall–Kier alpha value is -1.90. The minimum Gasteiger partial charge on any atom is -0.448 e. The number of hydrogen-bond donors (Lipinski definition) is 0. The zero-order valence-corrected chi connectivity index (χ0v) is 9.31. The highest BCUT2D eigenvalue weighted by Gasteiger charge is 2.15. The second kappa shape index (κ2) is 4.31. The Labute approximate surface area is 94.1 Å². The van der Waals surface area contributed by atoms with Gasteiger partial charge in [0.25, 0.3) is 0 Å². The van der Waals surface area contributed by atoms with Crippen LogP contribution in [0.5, 0.6) is 0 Å². The van der Waals surface area contributed by atoms with Gasteiger partial charge in [-0.1, -0.05) is 38.1 Å². The molecule has 0 aliphatic rings. The van der Waals surface area contributed by atoms with E-state index in [1.54, 1.807) is 6.07 Å². The van der Waals surface area contributed by atoms with E-state index in [2.05, 4.69) is 4.98 Å². The van der Waals surface area contributed by atoms with Crippen molar-refractivity contribution in [2.75, 3.05) is 0 Å². The van der Waals surface area contributed by atoms with Crippen LogP contribution in [0, 0.1) is 0 Å². The van der Waals surface area contributed by atoms with Crippen molar-refractivity contribution in [3.63, 3.8) is 0 Å². The minimum absolute atomic E-state index is 0.247. The highest BCUT2D eigenvalue weighted by atomic mass is 16.3. The van der Waals surface area contributed by atoms with E-state index in [0.717, 1.165) is 23.3 Å². The molecule has 1 aromatic carbocycles. The predicted molar refractivity (Wildman–Crippen MR) is 61.4 cm³/mol. The Morgan fingerprint density at radius 2 is 2.06 bits per heavy atom. The van der Waals surface area contributed by atoms with E-state index in [1.807, 2.05) is 32.0 Å². The lowest BCUT2D eigenvalue weighted by Gasteiger charge is -2.05. The fourth-order valence-corrected chi connectivity index (χ4v) is 1.68. The third-order valence-corrected chi connectivity index (χ3v) is 2.46. The maximum atomic E-state index is 10.9. The Bertz CT molecular complexity index is 500. The predicted octanol–water partition coefficient (Wildman–Crippen LogP) is 3.28. The van der Waals surface area contributed by atoms with Gasteiger partial charge in [0.1, 0.15) is 11.5 Å². The summed E-state index contributed by atoms with van der Waals surface area (Å²) in [6.45, 7) is 4.07. The zero-order valence-electron chi connectivity index (χ0n) is 9.31. The van der Waals surface area contributed by atoms with Gasteiger partial charge in [-0.3, -0.25) is 4.79 Å². The first-order valence-electron chi connectivity index (χ1n) is 5.22. The van der Waals surface area contributed by atoms with Gasteiger partial charge < -0.3 is 4.42 Å². The van der Waals surface area contributed by atoms with Crippen LogP contribution >= 0.6 is 0 Å². The van der Waals surface area contributed by atoms with Gasteiger partial charge in [0.2, 0.25) is 0 Å². The van der Waals surface area contributed by atoms with E-state index in [9.17, 15) is 4.79 Å². The molecule has 0 atom stereocenters. The fourth-order valence-electron chi connectivity index (χ4n) is 1.68. The van der Waals surface area contributed by atoms with Gasteiger partial charge >= 0.3 is 0 Å². The summed E-state index contributed by atoms with van der Waals surface area (Å²) in [6.07, 6.45) is 2.26. The number of hydrogen-bond acceptors (Lipinski definition) is 3. The first-order valence-corrected chi connectivity index (χ1v) is 5.22. The molecule has 0 N–H and O–H groups in total. The van der Waals surface area contributed by atoms with E-state index in [4.69, 9.17) is 4.42 Å². The normalized spacial score (nSPS) is 10.7. The summed E-state index contributed by atoms with van der Waals surface area (Å²) >= 11 is 0. The smallest absolute Gasteiger partial charge is 0.181 e. The van der Waals surface area contributed by atoms with Crippen LogP contribution in [-0.4, -0.2) is 11.3 Å². The molecule has 0 radical (unpaired) electrons. The van der Waals surface area contributed by atoms with Gasteiger partial charge in [-0.2, -0.15) is 0 Å². The van der Waals surface area contributed by atoms with Crippen LogP contribution in [0.1, 0.15) is 35.9 Å². The van der Waals surface area contributed by atoms with E-state index >= 15 is 0 Å². The molecule has 0 aliphatic carbocycles. The van der Waals surface area contributed by atoms with Crippen molar-refractivity contribution >= 4 is 6.29 Å². The first-order chi connectivity index (χ1) is 7.74. The third kappa shape index (κ3) is 1.76. The molecule has 2 rings (SSSR count). The molecule has 0 bridgehead atoms.